The molecule has 0 N–H and O–H groups in total. The van der Waals surface area contributed by atoms with Crippen molar-refractivity contribution < 1.29 is 13.2 Å². The molecule has 0 unspecified atom stereocenters. The summed E-state index contributed by atoms with van der Waals surface area (Å²) >= 11 is 1.74. The minimum absolute atomic E-state index is 0.111. The number of para-hydroxylation sites is 1. The normalized spacial score (nSPS) is 11.3. The molecule has 0 amide bonds. The number of nitrogens with zero attached hydrogens (tertiary/aromatic N) is 3. The third-order valence-electron chi connectivity index (χ3n) is 5.40. The highest BCUT2D eigenvalue weighted by Gasteiger charge is 2.20. The van der Waals surface area contributed by atoms with E-state index in [2.05, 4.69) is 4.98 Å². The maximum atomic E-state index is 14.7. The Morgan fingerprint density at radius 3 is 2.42 bits per heavy atom. The fourth-order valence-corrected chi connectivity index (χ4v) is 4.31. The second kappa shape index (κ2) is 9.79. The van der Waals surface area contributed by atoms with Crippen molar-refractivity contribution in [1.82, 2.24) is 14.5 Å². The predicted molar refractivity (Wildman–Crippen MR) is 127 cm³/mol. The average molecular weight is 470 g/mol. The summed E-state index contributed by atoms with van der Waals surface area (Å²) in [6.45, 7) is 1.76. The maximum absolute atomic E-state index is 14.7. The van der Waals surface area contributed by atoms with E-state index in [-0.39, 0.29) is 11.5 Å². The molecule has 4 rings (SSSR count). The number of fused-ring (bicyclic) bond motifs is 1. The van der Waals surface area contributed by atoms with Gasteiger partial charge in [-0.25, -0.2) is 23.1 Å². The van der Waals surface area contributed by atoms with E-state index in [0.29, 0.717) is 34.5 Å². The van der Waals surface area contributed by atoms with Gasteiger partial charge in [-0.2, -0.15) is 11.8 Å². The van der Waals surface area contributed by atoms with E-state index in [1.807, 2.05) is 6.26 Å². The quantitative estimate of drug-likeness (QED) is 0.318. The zero-order valence-corrected chi connectivity index (χ0v) is 19.1. The van der Waals surface area contributed by atoms with Crippen LogP contribution in [-0.4, -0.2) is 26.5 Å². The van der Waals surface area contributed by atoms with Crippen LogP contribution in [0, 0.1) is 24.4 Å². The van der Waals surface area contributed by atoms with Crippen LogP contribution in [0.2, 0.25) is 0 Å². The number of aromatic nitrogens is 3. The zero-order valence-electron chi connectivity index (χ0n) is 18.2. The molecule has 0 spiro atoms. The number of unbranched alkanes of at least 4 members (excludes halogenated alkanes) is 1. The second-order valence-electron chi connectivity index (χ2n) is 7.71. The lowest BCUT2D eigenvalue weighted by Crippen LogP contribution is -2.21. The van der Waals surface area contributed by atoms with Gasteiger partial charge in [0, 0.05) is 23.4 Å². The molecule has 0 atom stereocenters. The first-order valence-electron chi connectivity index (χ1n) is 10.5. The first-order chi connectivity index (χ1) is 15.9. The molecule has 2 aromatic heterocycles. The first kappa shape index (κ1) is 23.0. The van der Waals surface area contributed by atoms with Gasteiger partial charge in [0.2, 0.25) is 0 Å². The summed E-state index contributed by atoms with van der Waals surface area (Å²) in [6, 6.07) is 10.6. The van der Waals surface area contributed by atoms with Gasteiger partial charge in [-0.1, -0.05) is 6.07 Å². The second-order valence-corrected chi connectivity index (χ2v) is 8.70. The number of aryl methyl sites for hydroxylation is 2. The van der Waals surface area contributed by atoms with Crippen LogP contribution in [0.1, 0.15) is 24.2 Å². The third kappa shape index (κ3) is 4.66. The Hall–Kier alpha value is -3.13. The standard InChI is InChI=1S/C25H22F3N3OS/c1-15-14-16(26)9-10-17(15)23-18-11-12-22(32)31(24-19(27)6-5-7-20(24)28)25(18)30-21(29-23)8-3-4-13-33-2/h5-7,9-12,14H,3-4,8,13H2,1-2H3. The molecule has 2 heterocycles. The van der Waals surface area contributed by atoms with Gasteiger partial charge in [0.15, 0.2) is 5.65 Å². The number of hydrogen-bond donors (Lipinski definition) is 0. The molecule has 0 fully saturated rings. The van der Waals surface area contributed by atoms with Gasteiger partial charge in [-0.3, -0.25) is 9.36 Å². The summed E-state index contributed by atoms with van der Waals surface area (Å²) in [4.78, 5) is 22.1. The molecule has 4 aromatic rings. The zero-order chi connectivity index (χ0) is 23.5. The summed E-state index contributed by atoms with van der Waals surface area (Å²) in [5, 5.41) is 0.444. The van der Waals surface area contributed by atoms with E-state index in [9.17, 15) is 18.0 Å². The molecular formula is C25H22F3N3OS. The van der Waals surface area contributed by atoms with Crippen LogP contribution in [0.5, 0.6) is 0 Å². The van der Waals surface area contributed by atoms with Crippen molar-refractivity contribution in [3.8, 4) is 16.9 Å². The van der Waals surface area contributed by atoms with Crippen molar-refractivity contribution in [2.45, 2.75) is 26.2 Å². The molecule has 0 aliphatic carbocycles. The summed E-state index contributed by atoms with van der Waals surface area (Å²) in [5.41, 5.74) is 0.816. The fourth-order valence-electron chi connectivity index (χ4n) is 3.82. The lowest BCUT2D eigenvalue weighted by molar-refractivity contribution is 0.568. The van der Waals surface area contributed by atoms with Crippen LogP contribution >= 0.6 is 11.8 Å². The number of halogens is 3. The van der Waals surface area contributed by atoms with E-state index in [1.54, 1.807) is 30.8 Å². The molecule has 0 aliphatic rings. The summed E-state index contributed by atoms with van der Waals surface area (Å²) in [6.07, 6.45) is 4.34. The molecule has 0 aliphatic heterocycles. The van der Waals surface area contributed by atoms with Crippen molar-refractivity contribution in [2.24, 2.45) is 0 Å². The molecule has 0 saturated heterocycles. The van der Waals surface area contributed by atoms with E-state index in [1.165, 1.54) is 24.3 Å². The Bertz CT molecular complexity index is 1370. The van der Waals surface area contributed by atoms with Crippen LogP contribution in [0.3, 0.4) is 0 Å². The van der Waals surface area contributed by atoms with E-state index in [4.69, 9.17) is 4.98 Å². The number of rotatable bonds is 7. The Balaban J connectivity index is 2.02. The summed E-state index contributed by atoms with van der Waals surface area (Å²) in [5.74, 6) is -0.674. The minimum atomic E-state index is -0.871. The molecule has 0 radical (unpaired) electrons. The van der Waals surface area contributed by atoms with Crippen LogP contribution in [0.25, 0.3) is 28.0 Å². The fraction of sp³-hybridized carbons (Fsp3) is 0.240. The van der Waals surface area contributed by atoms with Gasteiger partial charge in [-0.15, -0.1) is 0 Å². The predicted octanol–water partition coefficient (Wildman–Crippen LogP) is 5.86. The number of benzene rings is 2. The lowest BCUT2D eigenvalue weighted by Gasteiger charge is -2.15. The highest BCUT2D eigenvalue weighted by atomic mass is 32.2. The van der Waals surface area contributed by atoms with Crippen molar-refractivity contribution >= 4 is 22.8 Å². The smallest absolute Gasteiger partial charge is 0.256 e. The van der Waals surface area contributed by atoms with E-state index in [0.717, 1.165) is 35.3 Å². The first-order valence-corrected chi connectivity index (χ1v) is 11.9. The summed E-state index contributed by atoms with van der Waals surface area (Å²) < 4.78 is 44.1. The molecule has 33 heavy (non-hydrogen) atoms. The molecule has 0 saturated carbocycles. The van der Waals surface area contributed by atoms with Crippen molar-refractivity contribution in [3.63, 3.8) is 0 Å². The summed E-state index contributed by atoms with van der Waals surface area (Å²) in [7, 11) is 0. The molecule has 0 bridgehead atoms. The highest BCUT2D eigenvalue weighted by Crippen LogP contribution is 2.30. The monoisotopic (exact) mass is 469 g/mol. The Morgan fingerprint density at radius 2 is 1.73 bits per heavy atom. The molecular weight excluding hydrogens is 447 g/mol. The van der Waals surface area contributed by atoms with E-state index >= 15 is 0 Å². The SMILES string of the molecule is CSCCCCc1nc(-c2ccc(F)cc2C)c2ccc(=O)n(-c3c(F)cccc3F)c2n1. The minimum Gasteiger partial charge on any atom is -0.269 e. The maximum Gasteiger partial charge on any atom is 0.256 e. The van der Waals surface area contributed by atoms with Crippen molar-refractivity contribution in [1.29, 1.82) is 0 Å². The molecule has 4 nitrogen and oxygen atoms in total. The van der Waals surface area contributed by atoms with Gasteiger partial charge in [0.25, 0.3) is 5.56 Å². The van der Waals surface area contributed by atoms with Crippen LogP contribution in [0.15, 0.2) is 53.3 Å². The van der Waals surface area contributed by atoms with Gasteiger partial charge in [-0.05, 0) is 73.7 Å². The van der Waals surface area contributed by atoms with Crippen LogP contribution in [-0.2, 0) is 6.42 Å². The Morgan fingerprint density at radius 1 is 0.970 bits per heavy atom. The van der Waals surface area contributed by atoms with Gasteiger partial charge < -0.3 is 0 Å². The van der Waals surface area contributed by atoms with Gasteiger partial charge >= 0.3 is 0 Å². The van der Waals surface area contributed by atoms with E-state index < -0.39 is 22.9 Å². The lowest BCUT2D eigenvalue weighted by atomic mass is 10.0. The van der Waals surface area contributed by atoms with Gasteiger partial charge in [0.05, 0.1) is 5.69 Å². The number of thioether (sulfide) groups is 1. The Kier molecular flexibility index (Phi) is 6.83. The van der Waals surface area contributed by atoms with Gasteiger partial charge in [0.1, 0.15) is 29.0 Å². The van der Waals surface area contributed by atoms with Crippen molar-refractivity contribution in [3.05, 3.63) is 87.7 Å². The third-order valence-corrected chi connectivity index (χ3v) is 6.10. The largest absolute Gasteiger partial charge is 0.269 e. The van der Waals surface area contributed by atoms with Crippen LogP contribution < -0.4 is 5.56 Å². The molecule has 2 aromatic carbocycles. The average Bonchev–Trinajstić information content (AvgIpc) is 2.77. The number of hydrogen-bond acceptors (Lipinski definition) is 4. The molecule has 170 valence electrons. The van der Waals surface area contributed by atoms with Crippen LogP contribution in [0.4, 0.5) is 13.2 Å². The Labute approximate surface area is 193 Å². The number of pyridine rings is 1. The topological polar surface area (TPSA) is 47.8 Å². The molecule has 8 heteroatoms. The highest BCUT2D eigenvalue weighted by molar-refractivity contribution is 7.98. The van der Waals surface area contributed by atoms with Crippen molar-refractivity contribution in [2.75, 3.05) is 12.0 Å².